The molecule has 1 N–H and O–H groups in total. The van der Waals surface area contributed by atoms with Crippen molar-refractivity contribution >= 4 is 27.3 Å². The van der Waals surface area contributed by atoms with Crippen molar-refractivity contribution in [3.8, 4) is 0 Å². The number of thiophene rings is 1. The average molecular weight is 304 g/mol. The Labute approximate surface area is 110 Å². The van der Waals surface area contributed by atoms with Crippen molar-refractivity contribution < 1.29 is 4.74 Å². The van der Waals surface area contributed by atoms with Gasteiger partial charge in [-0.05, 0) is 40.9 Å². The van der Waals surface area contributed by atoms with Crippen molar-refractivity contribution in [3.63, 3.8) is 0 Å². The average Bonchev–Trinajstić information content (AvgIpc) is 2.71. The number of methoxy groups -OCH3 is 1. The first kappa shape index (κ1) is 12.6. The first-order chi connectivity index (χ1) is 7.66. The lowest BCUT2D eigenvalue weighted by atomic mass is 10.0. The molecule has 2 atom stereocenters. The summed E-state index contributed by atoms with van der Waals surface area (Å²) in [5.41, 5.74) is 0.413. The molecule has 0 bridgehead atoms. The summed E-state index contributed by atoms with van der Waals surface area (Å²) in [5, 5.41) is 5.62. The Bertz CT molecular complexity index is 355. The molecule has 0 aliphatic heterocycles. The lowest BCUT2D eigenvalue weighted by molar-refractivity contribution is 0.199. The van der Waals surface area contributed by atoms with E-state index in [1.165, 1.54) is 15.8 Å². The van der Waals surface area contributed by atoms with E-state index in [0.29, 0.717) is 5.41 Å². The van der Waals surface area contributed by atoms with Crippen molar-refractivity contribution in [1.82, 2.24) is 5.32 Å². The van der Waals surface area contributed by atoms with Gasteiger partial charge in [0.1, 0.15) is 0 Å². The molecule has 2 unspecified atom stereocenters. The molecule has 2 rings (SSSR count). The number of hydrogen-bond acceptors (Lipinski definition) is 3. The van der Waals surface area contributed by atoms with Gasteiger partial charge in [-0.3, -0.25) is 0 Å². The highest BCUT2D eigenvalue weighted by molar-refractivity contribution is 9.10. The molecule has 1 saturated carbocycles. The molecule has 2 nitrogen and oxygen atoms in total. The number of rotatable bonds is 6. The molecule has 0 spiro atoms. The molecule has 0 radical (unpaired) electrons. The quantitative estimate of drug-likeness (QED) is 0.816. The zero-order chi connectivity index (χ0) is 11.6. The van der Waals surface area contributed by atoms with Crippen LogP contribution in [0.1, 0.15) is 18.2 Å². The number of nitrogens with one attached hydrogen (secondary N) is 1. The highest BCUT2D eigenvalue weighted by atomic mass is 79.9. The summed E-state index contributed by atoms with van der Waals surface area (Å²) in [7, 11) is 1.74. The van der Waals surface area contributed by atoms with Crippen LogP contribution in [0.15, 0.2) is 15.9 Å². The fraction of sp³-hybridized carbons (Fsp3) is 0.667. The van der Waals surface area contributed by atoms with Crippen LogP contribution in [0.25, 0.3) is 0 Å². The zero-order valence-corrected chi connectivity index (χ0v) is 12.2. The molecule has 4 heteroatoms. The van der Waals surface area contributed by atoms with Gasteiger partial charge in [-0.1, -0.05) is 6.92 Å². The predicted molar refractivity (Wildman–Crippen MR) is 72.2 cm³/mol. The summed E-state index contributed by atoms with van der Waals surface area (Å²) in [6, 6.07) is 2.26. The van der Waals surface area contributed by atoms with Gasteiger partial charge in [0.25, 0.3) is 0 Å². The van der Waals surface area contributed by atoms with Crippen molar-refractivity contribution in [3.05, 3.63) is 20.8 Å². The largest absolute Gasteiger partial charge is 0.383 e. The second-order valence-electron chi connectivity index (χ2n) is 4.64. The summed E-state index contributed by atoms with van der Waals surface area (Å²) < 4.78 is 6.23. The normalized spacial score (nSPS) is 28.3. The Balaban J connectivity index is 1.80. The Hall–Kier alpha value is 0.1000. The fourth-order valence-electron chi connectivity index (χ4n) is 2.12. The van der Waals surface area contributed by atoms with Gasteiger partial charge < -0.3 is 10.1 Å². The Morgan fingerprint density at radius 3 is 3.12 bits per heavy atom. The van der Waals surface area contributed by atoms with Crippen molar-refractivity contribution in [1.29, 1.82) is 0 Å². The van der Waals surface area contributed by atoms with Crippen molar-refractivity contribution in [2.45, 2.75) is 18.8 Å². The third kappa shape index (κ3) is 2.67. The molecule has 1 aromatic rings. The number of halogens is 1. The molecule has 1 aromatic heterocycles. The summed E-state index contributed by atoms with van der Waals surface area (Å²) >= 11 is 5.39. The molecule has 16 heavy (non-hydrogen) atoms. The molecule has 1 heterocycles. The van der Waals surface area contributed by atoms with E-state index in [9.17, 15) is 0 Å². The smallest absolute Gasteiger partial charge is 0.0587 e. The van der Waals surface area contributed by atoms with Crippen LogP contribution in [0.3, 0.4) is 0 Å². The van der Waals surface area contributed by atoms with Crippen LogP contribution in [-0.2, 0) is 10.2 Å². The van der Waals surface area contributed by atoms with Crippen LogP contribution >= 0.6 is 27.3 Å². The van der Waals surface area contributed by atoms with E-state index in [-0.39, 0.29) is 0 Å². The van der Waals surface area contributed by atoms with Gasteiger partial charge in [0, 0.05) is 33.8 Å². The zero-order valence-electron chi connectivity index (χ0n) is 9.75. The summed E-state index contributed by atoms with van der Waals surface area (Å²) in [6.07, 6.45) is 1.31. The maximum absolute atomic E-state index is 5.02. The molecule has 90 valence electrons. The summed E-state index contributed by atoms with van der Waals surface area (Å²) in [5.74, 6) is 0.787. The fourth-order valence-corrected chi connectivity index (χ4v) is 3.80. The maximum Gasteiger partial charge on any atom is 0.0587 e. The molecule has 0 aromatic carbocycles. The topological polar surface area (TPSA) is 21.3 Å². The Morgan fingerprint density at radius 2 is 2.50 bits per heavy atom. The third-order valence-corrected chi connectivity index (χ3v) is 5.39. The third-order valence-electron chi connectivity index (χ3n) is 3.42. The minimum absolute atomic E-state index is 0.413. The van der Waals surface area contributed by atoms with Crippen molar-refractivity contribution in [2.75, 3.05) is 26.8 Å². The first-order valence-corrected chi connectivity index (χ1v) is 7.28. The van der Waals surface area contributed by atoms with E-state index in [4.69, 9.17) is 4.74 Å². The van der Waals surface area contributed by atoms with E-state index in [0.717, 1.165) is 25.6 Å². The summed E-state index contributed by atoms with van der Waals surface area (Å²) in [4.78, 5) is 1.51. The molecule has 0 saturated heterocycles. The number of hydrogen-bond donors (Lipinski definition) is 1. The minimum Gasteiger partial charge on any atom is -0.383 e. The molecular formula is C12H18BrNOS. The van der Waals surface area contributed by atoms with Gasteiger partial charge in [-0.2, -0.15) is 0 Å². The second kappa shape index (κ2) is 5.17. The van der Waals surface area contributed by atoms with Gasteiger partial charge >= 0.3 is 0 Å². The SMILES string of the molecule is COCCNCC1CC1(C)c1cc(Br)cs1. The van der Waals surface area contributed by atoms with Crippen LogP contribution in [0, 0.1) is 5.92 Å². The van der Waals surface area contributed by atoms with E-state index < -0.39 is 0 Å². The molecule has 1 aliphatic rings. The molecule has 1 fully saturated rings. The maximum atomic E-state index is 5.02. The Morgan fingerprint density at radius 1 is 1.69 bits per heavy atom. The van der Waals surface area contributed by atoms with Gasteiger partial charge in [-0.25, -0.2) is 0 Å². The highest BCUT2D eigenvalue weighted by Crippen LogP contribution is 2.55. The predicted octanol–water partition coefficient (Wildman–Crippen LogP) is 3.02. The molecule has 0 amide bonds. The van der Waals surface area contributed by atoms with Crippen LogP contribution in [0.2, 0.25) is 0 Å². The van der Waals surface area contributed by atoms with Gasteiger partial charge in [0.15, 0.2) is 0 Å². The standard InChI is InChI=1S/C12H18BrNOS/c1-12(11-5-10(13)8-16-11)6-9(12)7-14-3-4-15-2/h5,8-9,14H,3-4,6-7H2,1-2H3. The molecular weight excluding hydrogens is 286 g/mol. The van der Waals surface area contributed by atoms with Crippen LogP contribution in [0.4, 0.5) is 0 Å². The van der Waals surface area contributed by atoms with E-state index >= 15 is 0 Å². The molecule has 1 aliphatic carbocycles. The van der Waals surface area contributed by atoms with Crippen LogP contribution < -0.4 is 5.32 Å². The van der Waals surface area contributed by atoms with Crippen molar-refractivity contribution in [2.24, 2.45) is 5.92 Å². The van der Waals surface area contributed by atoms with Crippen LogP contribution in [0.5, 0.6) is 0 Å². The lowest BCUT2D eigenvalue weighted by Gasteiger charge is -2.09. The van der Waals surface area contributed by atoms with Gasteiger partial charge in [0.2, 0.25) is 0 Å². The Kier molecular flexibility index (Phi) is 4.06. The van der Waals surface area contributed by atoms with Gasteiger partial charge in [0.05, 0.1) is 6.61 Å². The monoisotopic (exact) mass is 303 g/mol. The van der Waals surface area contributed by atoms with Gasteiger partial charge in [-0.15, -0.1) is 11.3 Å². The van der Waals surface area contributed by atoms with E-state index in [1.54, 1.807) is 7.11 Å². The van der Waals surface area contributed by atoms with E-state index in [1.807, 2.05) is 11.3 Å². The minimum atomic E-state index is 0.413. The lowest BCUT2D eigenvalue weighted by Crippen LogP contribution is -2.23. The van der Waals surface area contributed by atoms with E-state index in [2.05, 4.69) is 39.6 Å². The van der Waals surface area contributed by atoms with Crippen LogP contribution in [-0.4, -0.2) is 26.8 Å². The summed E-state index contributed by atoms with van der Waals surface area (Å²) in [6.45, 7) is 5.23. The highest BCUT2D eigenvalue weighted by Gasteiger charge is 2.51. The first-order valence-electron chi connectivity index (χ1n) is 5.61. The number of ether oxygens (including phenoxy) is 1. The second-order valence-corrected chi connectivity index (χ2v) is 6.47.